The summed E-state index contributed by atoms with van der Waals surface area (Å²) in [5, 5.41) is 5.23. The molecule has 0 saturated heterocycles. The fourth-order valence-corrected chi connectivity index (χ4v) is 1.59. The molecule has 0 bridgehead atoms. The van der Waals surface area contributed by atoms with Crippen molar-refractivity contribution in [2.24, 2.45) is 5.73 Å². The molecule has 0 radical (unpaired) electrons. The summed E-state index contributed by atoms with van der Waals surface area (Å²) < 4.78 is 0. The van der Waals surface area contributed by atoms with Gasteiger partial charge in [0.15, 0.2) is 0 Å². The van der Waals surface area contributed by atoms with Crippen molar-refractivity contribution in [2.75, 3.05) is 20.6 Å². The zero-order valence-corrected chi connectivity index (χ0v) is 12.2. The van der Waals surface area contributed by atoms with Gasteiger partial charge in [-0.25, -0.2) is 4.79 Å². The molecule has 0 saturated carbocycles. The molecule has 1 aromatic carbocycles. The van der Waals surface area contributed by atoms with Crippen molar-refractivity contribution in [1.82, 2.24) is 15.5 Å². The Morgan fingerprint density at radius 3 is 2.52 bits per heavy atom. The summed E-state index contributed by atoms with van der Waals surface area (Å²) in [4.78, 5) is 35.4. The van der Waals surface area contributed by atoms with Gasteiger partial charge in [0.25, 0.3) is 0 Å². The molecule has 1 rings (SSSR count). The van der Waals surface area contributed by atoms with Crippen LogP contribution in [0.25, 0.3) is 0 Å². The summed E-state index contributed by atoms with van der Waals surface area (Å²) in [6.45, 7) is 0.540. The highest BCUT2D eigenvalue weighted by molar-refractivity contribution is 5.92. The van der Waals surface area contributed by atoms with Crippen LogP contribution in [0.3, 0.4) is 0 Å². The molecule has 4 amide bonds. The van der Waals surface area contributed by atoms with E-state index in [2.05, 4.69) is 10.6 Å². The highest BCUT2D eigenvalue weighted by Crippen LogP contribution is 2.04. The van der Waals surface area contributed by atoms with Gasteiger partial charge in [-0.1, -0.05) is 12.1 Å². The summed E-state index contributed by atoms with van der Waals surface area (Å²) in [6, 6.07) is 6.34. The molecule has 0 aliphatic carbocycles. The molecular formula is C14H20N4O3. The minimum Gasteiger partial charge on any atom is -0.366 e. The second kappa shape index (κ2) is 7.88. The topological polar surface area (TPSA) is 105 Å². The Bertz CT molecular complexity index is 529. The van der Waals surface area contributed by atoms with Gasteiger partial charge in [-0.3, -0.25) is 9.59 Å². The first-order valence-corrected chi connectivity index (χ1v) is 6.50. The Hall–Kier alpha value is -2.57. The van der Waals surface area contributed by atoms with Crippen LogP contribution in [0.2, 0.25) is 0 Å². The number of primary amides is 1. The molecule has 21 heavy (non-hydrogen) atoms. The average molecular weight is 292 g/mol. The van der Waals surface area contributed by atoms with Crippen LogP contribution in [0.1, 0.15) is 22.3 Å². The Kier molecular flexibility index (Phi) is 6.19. The summed E-state index contributed by atoms with van der Waals surface area (Å²) in [5.41, 5.74) is 6.35. The van der Waals surface area contributed by atoms with Crippen molar-refractivity contribution in [3.63, 3.8) is 0 Å². The molecular weight excluding hydrogens is 272 g/mol. The van der Waals surface area contributed by atoms with E-state index in [1.165, 1.54) is 4.90 Å². The highest BCUT2D eigenvalue weighted by atomic mass is 16.2. The zero-order chi connectivity index (χ0) is 15.8. The van der Waals surface area contributed by atoms with Crippen molar-refractivity contribution < 1.29 is 14.4 Å². The van der Waals surface area contributed by atoms with Crippen LogP contribution >= 0.6 is 0 Å². The predicted molar refractivity (Wildman–Crippen MR) is 78.5 cm³/mol. The third-order valence-electron chi connectivity index (χ3n) is 2.79. The van der Waals surface area contributed by atoms with E-state index >= 15 is 0 Å². The Labute approximate surface area is 123 Å². The van der Waals surface area contributed by atoms with Gasteiger partial charge in [0.05, 0.1) is 0 Å². The Morgan fingerprint density at radius 1 is 1.19 bits per heavy atom. The van der Waals surface area contributed by atoms with E-state index in [0.717, 1.165) is 5.56 Å². The fourth-order valence-electron chi connectivity index (χ4n) is 1.59. The largest absolute Gasteiger partial charge is 0.366 e. The molecule has 1 aromatic rings. The van der Waals surface area contributed by atoms with Gasteiger partial charge >= 0.3 is 6.03 Å². The van der Waals surface area contributed by atoms with Crippen LogP contribution < -0.4 is 16.4 Å². The number of urea groups is 1. The number of amides is 4. The molecule has 114 valence electrons. The Balaban J connectivity index is 2.35. The lowest BCUT2D eigenvalue weighted by Gasteiger charge is -2.11. The lowest BCUT2D eigenvalue weighted by Crippen LogP contribution is -2.37. The van der Waals surface area contributed by atoms with Crippen molar-refractivity contribution >= 4 is 17.8 Å². The van der Waals surface area contributed by atoms with Gasteiger partial charge in [0, 0.05) is 39.2 Å². The van der Waals surface area contributed by atoms with Crippen LogP contribution in [-0.4, -0.2) is 43.4 Å². The molecule has 7 nitrogen and oxygen atoms in total. The molecule has 0 aromatic heterocycles. The molecule has 0 spiro atoms. The maximum Gasteiger partial charge on any atom is 0.315 e. The number of hydrogen-bond donors (Lipinski definition) is 3. The third-order valence-corrected chi connectivity index (χ3v) is 2.79. The summed E-state index contributed by atoms with van der Waals surface area (Å²) >= 11 is 0. The molecule has 7 heteroatoms. The van der Waals surface area contributed by atoms with Crippen molar-refractivity contribution in [1.29, 1.82) is 0 Å². The summed E-state index contributed by atoms with van der Waals surface area (Å²) in [5.74, 6) is -0.562. The van der Waals surface area contributed by atoms with E-state index in [1.807, 2.05) is 0 Å². The molecule has 0 aliphatic heterocycles. The normalized spacial score (nSPS) is 9.81. The Morgan fingerprint density at radius 2 is 1.90 bits per heavy atom. The number of hydrogen-bond acceptors (Lipinski definition) is 3. The van der Waals surface area contributed by atoms with Gasteiger partial charge in [-0.05, 0) is 17.7 Å². The molecule has 0 aliphatic rings. The number of nitrogens with zero attached hydrogens (tertiary/aromatic N) is 1. The number of rotatable bonds is 6. The number of benzene rings is 1. The molecule has 0 atom stereocenters. The number of nitrogens with one attached hydrogen (secondary N) is 2. The smallest absolute Gasteiger partial charge is 0.315 e. The van der Waals surface area contributed by atoms with Crippen molar-refractivity contribution in [2.45, 2.75) is 13.0 Å². The minimum atomic E-state index is -0.511. The monoisotopic (exact) mass is 292 g/mol. The molecule has 4 N–H and O–H groups in total. The number of carbonyl (C=O) groups is 3. The van der Waals surface area contributed by atoms with Crippen molar-refractivity contribution in [3.05, 3.63) is 35.4 Å². The van der Waals surface area contributed by atoms with Gasteiger partial charge < -0.3 is 21.3 Å². The van der Waals surface area contributed by atoms with Gasteiger partial charge in [-0.2, -0.15) is 0 Å². The second-order valence-electron chi connectivity index (χ2n) is 4.71. The minimum absolute atomic E-state index is 0.0514. The molecule has 0 fully saturated rings. The number of carbonyl (C=O) groups excluding carboxylic acids is 3. The first-order valence-electron chi connectivity index (χ1n) is 6.50. The summed E-state index contributed by atoms with van der Waals surface area (Å²) in [6.07, 6.45) is 0.248. The average Bonchev–Trinajstić information content (AvgIpc) is 2.45. The van der Waals surface area contributed by atoms with Gasteiger partial charge in [-0.15, -0.1) is 0 Å². The lowest BCUT2D eigenvalue weighted by atomic mass is 10.1. The summed E-state index contributed by atoms with van der Waals surface area (Å²) in [7, 11) is 3.32. The SMILES string of the molecule is CN(C)C(=O)CCNC(=O)NCc1cccc(C(N)=O)c1. The zero-order valence-electron chi connectivity index (χ0n) is 12.2. The van der Waals surface area contributed by atoms with E-state index in [-0.39, 0.29) is 31.4 Å². The van der Waals surface area contributed by atoms with Crippen LogP contribution in [0, 0.1) is 0 Å². The van der Waals surface area contributed by atoms with E-state index in [0.29, 0.717) is 5.56 Å². The molecule has 0 heterocycles. The van der Waals surface area contributed by atoms with Gasteiger partial charge in [0.2, 0.25) is 11.8 Å². The number of nitrogens with two attached hydrogens (primary N) is 1. The second-order valence-corrected chi connectivity index (χ2v) is 4.71. The molecule has 0 unspecified atom stereocenters. The first-order chi connectivity index (χ1) is 9.90. The van der Waals surface area contributed by atoms with Gasteiger partial charge in [0.1, 0.15) is 0 Å². The maximum atomic E-state index is 11.5. The maximum absolute atomic E-state index is 11.5. The quantitative estimate of drug-likeness (QED) is 0.690. The van der Waals surface area contributed by atoms with Crippen molar-refractivity contribution in [3.8, 4) is 0 Å². The van der Waals surface area contributed by atoms with Crippen LogP contribution in [0.5, 0.6) is 0 Å². The predicted octanol–water partition coefficient (Wildman–Crippen LogP) is 0.0630. The van der Waals surface area contributed by atoms with Crippen LogP contribution in [0.15, 0.2) is 24.3 Å². The van der Waals surface area contributed by atoms with Crippen LogP contribution in [-0.2, 0) is 11.3 Å². The van der Waals surface area contributed by atoms with E-state index in [4.69, 9.17) is 5.73 Å². The highest BCUT2D eigenvalue weighted by Gasteiger charge is 2.06. The van der Waals surface area contributed by atoms with E-state index in [1.54, 1.807) is 38.4 Å². The lowest BCUT2D eigenvalue weighted by molar-refractivity contribution is -0.128. The fraction of sp³-hybridized carbons (Fsp3) is 0.357. The first kappa shape index (κ1) is 16.5. The third kappa shape index (κ3) is 5.94. The van der Waals surface area contributed by atoms with Crippen LogP contribution in [0.4, 0.5) is 4.79 Å². The standard InChI is InChI=1S/C14H20N4O3/c1-18(2)12(19)6-7-16-14(21)17-9-10-4-3-5-11(8-10)13(15)20/h3-5,8H,6-7,9H2,1-2H3,(H2,15,20)(H2,16,17,21). The van der Waals surface area contributed by atoms with E-state index in [9.17, 15) is 14.4 Å². The van der Waals surface area contributed by atoms with E-state index < -0.39 is 5.91 Å².